The first-order valence-electron chi connectivity index (χ1n) is 5.83. The Labute approximate surface area is 119 Å². The fourth-order valence-corrected chi connectivity index (χ4v) is 2.28. The van der Waals surface area contributed by atoms with Gasteiger partial charge in [-0.05, 0) is 24.3 Å². The number of carbonyl (C=O) groups is 2. The standard InChI is InChI=1S/C14H11O6P/c15-13(9-1-3-11(4-2-9)14(16)17)10-5-7-12(8-6-10)21(18,19)20/h1-8H,(H,16,17)(H2,18,19,20). The summed E-state index contributed by atoms with van der Waals surface area (Å²) in [6.07, 6.45) is 0. The van der Waals surface area contributed by atoms with Gasteiger partial charge in [-0.2, -0.15) is 0 Å². The van der Waals surface area contributed by atoms with Gasteiger partial charge >= 0.3 is 13.6 Å². The van der Waals surface area contributed by atoms with Gasteiger partial charge in [0.05, 0.1) is 10.9 Å². The van der Waals surface area contributed by atoms with E-state index >= 15 is 0 Å². The van der Waals surface area contributed by atoms with Crippen LogP contribution in [0, 0.1) is 0 Å². The molecular weight excluding hydrogens is 295 g/mol. The van der Waals surface area contributed by atoms with Crippen molar-refractivity contribution >= 4 is 24.7 Å². The Morgan fingerprint density at radius 1 is 0.762 bits per heavy atom. The van der Waals surface area contributed by atoms with Crippen LogP contribution in [0.15, 0.2) is 48.5 Å². The van der Waals surface area contributed by atoms with Gasteiger partial charge in [0, 0.05) is 11.1 Å². The molecule has 0 saturated carbocycles. The van der Waals surface area contributed by atoms with E-state index in [1.54, 1.807) is 0 Å². The minimum Gasteiger partial charge on any atom is -0.478 e. The summed E-state index contributed by atoms with van der Waals surface area (Å²) >= 11 is 0. The number of carboxylic acid groups (broad SMARTS) is 1. The molecule has 0 radical (unpaired) electrons. The zero-order chi connectivity index (χ0) is 15.6. The normalized spacial score (nSPS) is 11.1. The predicted molar refractivity (Wildman–Crippen MR) is 75.0 cm³/mol. The lowest BCUT2D eigenvalue weighted by atomic mass is 10.0. The van der Waals surface area contributed by atoms with Crippen LogP contribution >= 0.6 is 7.60 Å². The van der Waals surface area contributed by atoms with Gasteiger partial charge in [0.2, 0.25) is 0 Å². The quantitative estimate of drug-likeness (QED) is 0.582. The first-order valence-corrected chi connectivity index (χ1v) is 7.44. The van der Waals surface area contributed by atoms with Crippen LogP contribution < -0.4 is 5.30 Å². The number of carbonyl (C=O) groups excluding carboxylic acids is 1. The van der Waals surface area contributed by atoms with E-state index in [9.17, 15) is 14.2 Å². The van der Waals surface area contributed by atoms with E-state index in [0.29, 0.717) is 5.56 Å². The smallest absolute Gasteiger partial charge is 0.356 e. The van der Waals surface area contributed by atoms with E-state index in [1.807, 2.05) is 0 Å². The van der Waals surface area contributed by atoms with Gasteiger partial charge in [0.1, 0.15) is 0 Å². The minimum atomic E-state index is -4.33. The van der Waals surface area contributed by atoms with E-state index in [4.69, 9.17) is 14.9 Å². The molecule has 0 bridgehead atoms. The third-order valence-corrected chi connectivity index (χ3v) is 3.83. The van der Waals surface area contributed by atoms with Gasteiger partial charge in [-0.3, -0.25) is 9.36 Å². The van der Waals surface area contributed by atoms with Crippen molar-refractivity contribution in [2.24, 2.45) is 0 Å². The molecule has 21 heavy (non-hydrogen) atoms. The lowest BCUT2D eigenvalue weighted by molar-refractivity contribution is 0.0696. The molecule has 2 aromatic rings. The number of carboxylic acids is 1. The molecule has 0 aliphatic heterocycles. The molecular formula is C14H11O6P. The van der Waals surface area contributed by atoms with E-state index in [2.05, 4.69) is 0 Å². The molecule has 0 spiro atoms. The topological polar surface area (TPSA) is 112 Å². The monoisotopic (exact) mass is 306 g/mol. The molecule has 0 unspecified atom stereocenters. The highest BCUT2D eigenvalue weighted by Gasteiger charge is 2.17. The molecule has 0 amide bonds. The molecule has 3 N–H and O–H groups in total. The number of rotatable bonds is 4. The maximum Gasteiger partial charge on any atom is 0.356 e. The van der Waals surface area contributed by atoms with E-state index in [-0.39, 0.29) is 22.2 Å². The van der Waals surface area contributed by atoms with Gasteiger partial charge < -0.3 is 14.9 Å². The average molecular weight is 306 g/mol. The second kappa shape index (κ2) is 5.61. The van der Waals surface area contributed by atoms with Crippen molar-refractivity contribution in [1.29, 1.82) is 0 Å². The van der Waals surface area contributed by atoms with Gasteiger partial charge in [0.25, 0.3) is 0 Å². The molecule has 2 aromatic carbocycles. The summed E-state index contributed by atoms with van der Waals surface area (Å²) in [7, 11) is -4.33. The van der Waals surface area contributed by atoms with Gasteiger partial charge in [-0.25, -0.2) is 4.79 Å². The van der Waals surface area contributed by atoms with Crippen LogP contribution in [0.25, 0.3) is 0 Å². The number of hydrogen-bond acceptors (Lipinski definition) is 3. The maximum atomic E-state index is 12.1. The molecule has 6 nitrogen and oxygen atoms in total. The molecule has 7 heteroatoms. The lowest BCUT2D eigenvalue weighted by Gasteiger charge is -2.05. The third kappa shape index (κ3) is 3.44. The molecule has 108 valence electrons. The Bertz CT molecular complexity index is 727. The lowest BCUT2D eigenvalue weighted by Crippen LogP contribution is -2.07. The summed E-state index contributed by atoms with van der Waals surface area (Å²) in [6, 6.07) is 10.5. The van der Waals surface area contributed by atoms with Crippen molar-refractivity contribution in [2.75, 3.05) is 0 Å². The first-order chi connectivity index (χ1) is 9.79. The number of ketones is 1. The first kappa shape index (κ1) is 15.1. The van der Waals surface area contributed by atoms with Crippen LogP contribution in [0.2, 0.25) is 0 Å². The summed E-state index contributed by atoms with van der Waals surface area (Å²) in [4.78, 5) is 40.8. The molecule has 0 saturated heterocycles. The van der Waals surface area contributed by atoms with Crippen molar-refractivity contribution in [3.05, 3.63) is 65.2 Å². The van der Waals surface area contributed by atoms with Crippen molar-refractivity contribution in [3.8, 4) is 0 Å². The van der Waals surface area contributed by atoms with Crippen LogP contribution in [-0.2, 0) is 4.57 Å². The molecule has 0 atom stereocenters. The van der Waals surface area contributed by atoms with Crippen molar-refractivity contribution in [2.45, 2.75) is 0 Å². The van der Waals surface area contributed by atoms with Crippen molar-refractivity contribution in [3.63, 3.8) is 0 Å². The fraction of sp³-hybridized carbons (Fsp3) is 0. The van der Waals surface area contributed by atoms with Crippen LogP contribution in [-0.4, -0.2) is 26.6 Å². The summed E-state index contributed by atoms with van der Waals surface area (Å²) in [5.41, 5.74) is 0.627. The number of hydrogen-bond donors (Lipinski definition) is 3. The zero-order valence-corrected chi connectivity index (χ0v) is 11.5. The summed E-state index contributed by atoms with van der Waals surface area (Å²) in [6.45, 7) is 0. The summed E-state index contributed by atoms with van der Waals surface area (Å²) in [5.74, 6) is -1.44. The Morgan fingerprint density at radius 2 is 1.14 bits per heavy atom. The van der Waals surface area contributed by atoms with Gasteiger partial charge in [-0.15, -0.1) is 0 Å². The van der Waals surface area contributed by atoms with Crippen LogP contribution in [0.5, 0.6) is 0 Å². The Morgan fingerprint density at radius 3 is 1.52 bits per heavy atom. The van der Waals surface area contributed by atoms with E-state index < -0.39 is 13.6 Å². The maximum absolute atomic E-state index is 12.1. The molecule has 0 fully saturated rings. The fourth-order valence-electron chi connectivity index (χ4n) is 1.74. The molecule has 0 aromatic heterocycles. The van der Waals surface area contributed by atoms with Crippen LogP contribution in [0.3, 0.4) is 0 Å². The Balaban J connectivity index is 2.27. The molecule has 0 heterocycles. The van der Waals surface area contributed by atoms with E-state index in [0.717, 1.165) is 0 Å². The van der Waals surface area contributed by atoms with Crippen molar-refractivity contribution < 1.29 is 29.0 Å². The highest BCUT2D eigenvalue weighted by molar-refractivity contribution is 7.60. The van der Waals surface area contributed by atoms with Gasteiger partial charge in [0.15, 0.2) is 5.78 Å². The largest absolute Gasteiger partial charge is 0.478 e. The predicted octanol–water partition coefficient (Wildman–Crippen LogP) is 1.42. The molecule has 2 rings (SSSR count). The summed E-state index contributed by atoms with van der Waals surface area (Å²) < 4.78 is 11.0. The third-order valence-electron chi connectivity index (χ3n) is 2.86. The second-order valence-corrected chi connectivity index (χ2v) is 5.91. The van der Waals surface area contributed by atoms with Crippen LogP contribution in [0.4, 0.5) is 0 Å². The SMILES string of the molecule is O=C(O)c1ccc(C(=O)c2ccc(P(=O)(O)O)cc2)cc1. The Kier molecular flexibility index (Phi) is 4.04. The molecule has 0 aliphatic rings. The van der Waals surface area contributed by atoms with Crippen molar-refractivity contribution in [1.82, 2.24) is 0 Å². The van der Waals surface area contributed by atoms with Gasteiger partial charge in [-0.1, -0.05) is 24.3 Å². The minimum absolute atomic E-state index is 0.0726. The van der Waals surface area contributed by atoms with Crippen LogP contribution in [0.1, 0.15) is 26.3 Å². The summed E-state index contributed by atoms with van der Waals surface area (Å²) in [5, 5.41) is 8.61. The average Bonchev–Trinajstić information content (AvgIpc) is 2.46. The number of aromatic carboxylic acids is 1. The second-order valence-electron chi connectivity index (χ2n) is 4.30. The van der Waals surface area contributed by atoms with E-state index in [1.165, 1.54) is 48.5 Å². The number of benzene rings is 2. The highest BCUT2D eigenvalue weighted by Crippen LogP contribution is 2.32. The Hall–Kier alpha value is -2.27. The highest BCUT2D eigenvalue weighted by atomic mass is 31.2. The molecule has 0 aliphatic carbocycles. The zero-order valence-electron chi connectivity index (χ0n) is 10.6.